The molecule has 1 N–H and O–H groups in total. The molecule has 0 bridgehead atoms. The molecule has 2 atom stereocenters. The Labute approximate surface area is 115 Å². The first kappa shape index (κ1) is 13.7. The van der Waals surface area contributed by atoms with E-state index in [4.69, 9.17) is 11.6 Å². The van der Waals surface area contributed by atoms with Gasteiger partial charge in [-0.05, 0) is 36.9 Å². The van der Waals surface area contributed by atoms with Gasteiger partial charge < -0.3 is 10.2 Å². The van der Waals surface area contributed by atoms with Crippen LogP contribution in [0.25, 0.3) is 0 Å². The van der Waals surface area contributed by atoms with Gasteiger partial charge in [-0.2, -0.15) is 0 Å². The Morgan fingerprint density at radius 2 is 2.17 bits per heavy atom. The van der Waals surface area contributed by atoms with E-state index in [1.54, 1.807) is 0 Å². The lowest BCUT2D eigenvalue weighted by atomic mass is 10.1. The van der Waals surface area contributed by atoms with Crippen LogP contribution in [0.3, 0.4) is 0 Å². The van der Waals surface area contributed by atoms with Crippen molar-refractivity contribution in [3.05, 3.63) is 28.8 Å². The number of rotatable bonds is 6. The second-order valence-corrected chi connectivity index (χ2v) is 5.78. The summed E-state index contributed by atoms with van der Waals surface area (Å²) in [5.74, 6) is 1.75. The average molecular weight is 267 g/mol. The highest BCUT2D eigenvalue weighted by atomic mass is 35.5. The van der Waals surface area contributed by atoms with Gasteiger partial charge >= 0.3 is 0 Å². The maximum absolute atomic E-state index is 6.32. The molecule has 1 aliphatic carbocycles. The van der Waals surface area contributed by atoms with Gasteiger partial charge in [0.1, 0.15) is 0 Å². The molecule has 0 heterocycles. The fourth-order valence-electron chi connectivity index (χ4n) is 2.43. The Hall–Kier alpha value is -0.730. The zero-order valence-corrected chi connectivity index (χ0v) is 12.3. The number of halogens is 1. The van der Waals surface area contributed by atoms with Crippen LogP contribution in [0.2, 0.25) is 5.02 Å². The van der Waals surface area contributed by atoms with Gasteiger partial charge in [0.25, 0.3) is 0 Å². The van der Waals surface area contributed by atoms with Crippen molar-refractivity contribution < 1.29 is 0 Å². The van der Waals surface area contributed by atoms with E-state index in [0.29, 0.717) is 0 Å². The first-order valence-corrected chi connectivity index (χ1v) is 7.20. The van der Waals surface area contributed by atoms with Gasteiger partial charge in [-0.1, -0.05) is 31.5 Å². The van der Waals surface area contributed by atoms with Crippen LogP contribution in [-0.2, 0) is 6.54 Å². The minimum Gasteiger partial charge on any atom is -0.374 e. The van der Waals surface area contributed by atoms with Crippen molar-refractivity contribution in [1.29, 1.82) is 0 Å². The molecule has 2 rings (SSSR count). The number of hydrogen-bond acceptors (Lipinski definition) is 2. The monoisotopic (exact) mass is 266 g/mol. The molecule has 1 fully saturated rings. The summed E-state index contributed by atoms with van der Waals surface area (Å²) in [4.78, 5) is 2.35. The maximum Gasteiger partial charge on any atom is 0.0471 e. The van der Waals surface area contributed by atoms with E-state index in [-0.39, 0.29) is 0 Å². The van der Waals surface area contributed by atoms with Gasteiger partial charge in [-0.15, -0.1) is 0 Å². The normalized spacial score (nSPS) is 22.0. The van der Waals surface area contributed by atoms with Gasteiger partial charge in [0.2, 0.25) is 0 Å². The molecule has 2 unspecified atom stereocenters. The summed E-state index contributed by atoms with van der Waals surface area (Å²) in [6.45, 7) is 7.40. The fraction of sp³-hybridized carbons (Fsp3) is 0.600. The van der Waals surface area contributed by atoms with Gasteiger partial charge in [0, 0.05) is 36.4 Å². The number of hydrogen-bond donors (Lipinski definition) is 1. The molecule has 0 aliphatic heterocycles. The van der Waals surface area contributed by atoms with Crippen LogP contribution in [0, 0.1) is 11.8 Å². The summed E-state index contributed by atoms with van der Waals surface area (Å²) in [6.07, 6.45) is 1.37. The van der Waals surface area contributed by atoms with Crippen LogP contribution in [0.5, 0.6) is 0 Å². The molecular formula is C15H23ClN2. The lowest BCUT2D eigenvalue weighted by Gasteiger charge is -2.23. The lowest BCUT2D eigenvalue weighted by Crippen LogP contribution is -2.23. The van der Waals surface area contributed by atoms with Gasteiger partial charge in [0.15, 0.2) is 0 Å². The lowest BCUT2D eigenvalue weighted by molar-refractivity contribution is 0.704. The Balaban J connectivity index is 2.11. The molecule has 18 heavy (non-hydrogen) atoms. The highest BCUT2D eigenvalue weighted by Crippen LogP contribution is 2.39. The van der Waals surface area contributed by atoms with Crippen molar-refractivity contribution >= 4 is 17.3 Å². The zero-order chi connectivity index (χ0) is 13.1. The maximum atomic E-state index is 6.32. The second-order valence-electron chi connectivity index (χ2n) is 5.37. The third-order valence-corrected chi connectivity index (χ3v) is 4.20. The molecule has 0 aromatic heterocycles. The second kappa shape index (κ2) is 5.94. The zero-order valence-electron chi connectivity index (χ0n) is 11.5. The van der Waals surface area contributed by atoms with Crippen LogP contribution in [0.1, 0.15) is 25.8 Å². The standard InChI is InChI=1S/C15H23ClN2/c1-4-17-9-13-14(16)6-5-7-15(13)18(3)10-12-8-11(12)2/h5-7,11-12,17H,4,8-10H2,1-3H3. The summed E-state index contributed by atoms with van der Waals surface area (Å²) >= 11 is 6.32. The fourth-order valence-corrected chi connectivity index (χ4v) is 2.67. The van der Waals surface area contributed by atoms with E-state index in [1.165, 1.54) is 17.7 Å². The predicted octanol–water partition coefficient (Wildman–Crippen LogP) is 3.54. The first-order valence-electron chi connectivity index (χ1n) is 6.82. The quantitative estimate of drug-likeness (QED) is 0.847. The largest absolute Gasteiger partial charge is 0.374 e. The molecule has 3 heteroatoms. The van der Waals surface area contributed by atoms with Crippen LogP contribution < -0.4 is 10.2 Å². The van der Waals surface area contributed by atoms with E-state index in [1.807, 2.05) is 12.1 Å². The topological polar surface area (TPSA) is 15.3 Å². The summed E-state index contributed by atoms with van der Waals surface area (Å²) in [7, 11) is 2.17. The molecule has 2 nitrogen and oxygen atoms in total. The van der Waals surface area contributed by atoms with Crippen LogP contribution in [0.4, 0.5) is 5.69 Å². The van der Waals surface area contributed by atoms with Crippen molar-refractivity contribution in [3.63, 3.8) is 0 Å². The third-order valence-electron chi connectivity index (χ3n) is 3.84. The van der Waals surface area contributed by atoms with Crippen LogP contribution in [-0.4, -0.2) is 20.1 Å². The Bertz CT molecular complexity index is 405. The Kier molecular flexibility index (Phi) is 4.52. The molecule has 1 aliphatic rings. The van der Waals surface area contributed by atoms with E-state index < -0.39 is 0 Å². The van der Waals surface area contributed by atoms with Gasteiger partial charge in [-0.25, -0.2) is 0 Å². The Morgan fingerprint density at radius 1 is 1.44 bits per heavy atom. The number of nitrogens with zero attached hydrogens (tertiary/aromatic N) is 1. The molecule has 1 aromatic rings. The smallest absolute Gasteiger partial charge is 0.0471 e. The van der Waals surface area contributed by atoms with Crippen molar-refractivity contribution in [1.82, 2.24) is 5.32 Å². The van der Waals surface area contributed by atoms with Gasteiger partial charge in [0.05, 0.1) is 0 Å². The molecule has 0 radical (unpaired) electrons. The van der Waals surface area contributed by atoms with Crippen molar-refractivity contribution in [2.75, 3.05) is 25.0 Å². The predicted molar refractivity (Wildman–Crippen MR) is 79.4 cm³/mol. The van der Waals surface area contributed by atoms with Gasteiger partial charge in [-0.3, -0.25) is 0 Å². The van der Waals surface area contributed by atoms with Crippen LogP contribution in [0.15, 0.2) is 18.2 Å². The van der Waals surface area contributed by atoms with E-state index in [9.17, 15) is 0 Å². The number of nitrogens with one attached hydrogen (secondary N) is 1. The summed E-state index contributed by atoms with van der Waals surface area (Å²) in [6, 6.07) is 6.19. The average Bonchev–Trinajstić information content (AvgIpc) is 3.03. The van der Waals surface area contributed by atoms with E-state index >= 15 is 0 Å². The van der Waals surface area contributed by atoms with Crippen molar-refractivity contribution in [2.24, 2.45) is 11.8 Å². The van der Waals surface area contributed by atoms with Crippen LogP contribution >= 0.6 is 11.6 Å². The number of benzene rings is 1. The summed E-state index contributed by atoms with van der Waals surface area (Å²) < 4.78 is 0. The van der Waals surface area contributed by atoms with Crippen molar-refractivity contribution in [3.8, 4) is 0 Å². The molecule has 100 valence electrons. The van der Waals surface area contributed by atoms with E-state index in [2.05, 4.69) is 37.2 Å². The molecule has 0 spiro atoms. The third kappa shape index (κ3) is 3.18. The number of anilines is 1. The molecular weight excluding hydrogens is 244 g/mol. The van der Waals surface area contributed by atoms with E-state index in [0.717, 1.165) is 36.5 Å². The summed E-state index contributed by atoms with van der Waals surface area (Å²) in [5.41, 5.74) is 2.49. The van der Waals surface area contributed by atoms with Crippen molar-refractivity contribution in [2.45, 2.75) is 26.8 Å². The highest BCUT2D eigenvalue weighted by Gasteiger charge is 2.33. The summed E-state index contributed by atoms with van der Waals surface area (Å²) in [5, 5.41) is 4.23. The Morgan fingerprint density at radius 3 is 2.78 bits per heavy atom. The first-order chi connectivity index (χ1) is 8.63. The molecule has 0 saturated heterocycles. The molecule has 1 aromatic carbocycles. The minimum atomic E-state index is 0.843. The SMILES string of the molecule is CCNCc1c(Cl)cccc1N(C)CC1CC1C. The molecule has 0 amide bonds. The molecule has 1 saturated carbocycles. The minimum absolute atomic E-state index is 0.843. The highest BCUT2D eigenvalue weighted by molar-refractivity contribution is 6.31.